The molecule has 0 N–H and O–H groups in total. The molecular formula is C14H27NO4. The third-order valence-corrected chi connectivity index (χ3v) is 2.80. The first-order valence-corrected chi connectivity index (χ1v) is 7.05. The molecule has 1 unspecified atom stereocenters. The summed E-state index contributed by atoms with van der Waals surface area (Å²) in [7, 11) is 0. The highest BCUT2D eigenvalue weighted by molar-refractivity contribution is 5.78. The van der Waals surface area contributed by atoms with Crippen LogP contribution in [0.5, 0.6) is 0 Å². The van der Waals surface area contributed by atoms with Crippen molar-refractivity contribution in [1.82, 2.24) is 4.90 Å². The molecule has 0 aliphatic rings. The van der Waals surface area contributed by atoms with Crippen LogP contribution in [-0.2, 0) is 19.1 Å². The molecular weight excluding hydrogens is 246 g/mol. The molecule has 1 atom stereocenters. The van der Waals surface area contributed by atoms with Gasteiger partial charge in [-0.3, -0.25) is 14.5 Å². The molecule has 0 saturated carbocycles. The van der Waals surface area contributed by atoms with Gasteiger partial charge in [0, 0.05) is 6.04 Å². The van der Waals surface area contributed by atoms with Crippen LogP contribution in [0, 0.1) is 0 Å². The van der Waals surface area contributed by atoms with Gasteiger partial charge in [-0.15, -0.1) is 0 Å². The quantitative estimate of drug-likeness (QED) is 0.601. The van der Waals surface area contributed by atoms with Crippen LogP contribution >= 0.6 is 0 Å². The van der Waals surface area contributed by atoms with Gasteiger partial charge in [0.25, 0.3) is 0 Å². The maximum Gasteiger partial charge on any atom is 0.323 e. The molecule has 0 spiro atoms. The topological polar surface area (TPSA) is 55.8 Å². The Bertz CT molecular complexity index is 279. The minimum absolute atomic E-state index is 0.0744. The molecule has 19 heavy (non-hydrogen) atoms. The van der Waals surface area contributed by atoms with Crippen molar-refractivity contribution in [3.05, 3.63) is 0 Å². The normalized spacial score (nSPS) is 12.6. The number of hydrogen-bond donors (Lipinski definition) is 0. The van der Waals surface area contributed by atoms with Crippen molar-refractivity contribution in [2.75, 3.05) is 19.8 Å². The summed E-state index contributed by atoms with van der Waals surface area (Å²) in [6.45, 7) is 10.3. The molecule has 112 valence electrons. The highest BCUT2D eigenvalue weighted by Gasteiger charge is 2.30. The second-order valence-corrected chi connectivity index (χ2v) is 4.63. The molecule has 0 amide bonds. The van der Waals surface area contributed by atoms with Crippen LogP contribution in [0.15, 0.2) is 0 Å². The first-order valence-electron chi connectivity index (χ1n) is 7.05. The fourth-order valence-electron chi connectivity index (χ4n) is 1.94. The number of ether oxygens (including phenoxy) is 2. The van der Waals surface area contributed by atoms with Crippen molar-refractivity contribution in [3.8, 4) is 0 Å². The Labute approximate surface area is 116 Å². The van der Waals surface area contributed by atoms with Gasteiger partial charge in [0.1, 0.15) is 6.04 Å². The average molecular weight is 273 g/mol. The van der Waals surface area contributed by atoms with Gasteiger partial charge >= 0.3 is 11.9 Å². The summed E-state index contributed by atoms with van der Waals surface area (Å²) in [5, 5.41) is 0. The summed E-state index contributed by atoms with van der Waals surface area (Å²) in [6.07, 6.45) is 1.53. The van der Waals surface area contributed by atoms with Crippen molar-refractivity contribution in [3.63, 3.8) is 0 Å². The zero-order chi connectivity index (χ0) is 14.8. The largest absolute Gasteiger partial charge is 0.465 e. The zero-order valence-electron chi connectivity index (χ0n) is 12.8. The molecule has 0 heterocycles. The molecule has 0 bridgehead atoms. The van der Waals surface area contributed by atoms with E-state index in [1.54, 1.807) is 13.8 Å². The Morgan fingerprint density at radius 2 is 1.63 bits per heavy atom. The summed E-state index contributed by atoms with van der Waals surface area (Å²) in [5.74, 6) is -0.566. The Kier molecular flexibility index (Phi) is 9.21. The molecule has 0 aliphatic carbocycles. The van der Waals surface area contributed by atoms with E-state index >= 15 is 0 Å². The molecule has 0 aliphatic heterocycles. The van der Waals surface area contributed by atoms with Crippen LogP contribution in [0.3, 0.4) is 0 Å². The van der Waals surface area contributed by atoms with Crippen molar-refractivity contribution >= 4 is 11.9 Å². The minimum atomic E-state index is -0.380. The van der Waals surface area contributed by atoms with E-state index < -0.39 is 0 Å². The molecule has 0 aromatic rings. The van der Waals surface area contributed by atoms with E-state index in [1.807, 2.05) is 25.7 Å². The lowest BCUT2D eigenvalue weighted by Crippen LogP contribution is -2.48. The van der Waals surface area contributed by atoms with Crippen LogP contribution in [0.25, 0.3) is 0 Å². The minimum Gasteiger partial charge on any atom is -0.465 e. The smallest absolute Gasteiger partial charge is 0.323 e. The molecule has 0 radical (unpaired) electrons. The summed E-state index contributed by atoms with van der Waals surface area (Å²) >= 11 is 0. The molecule has 0 aromatic heterocycles. The van der Waals surface area contributed by atoms with E-state index in [1.165, 1.54) is 0 Å². The van der Waals surface area contributed by atoms with Gasteiger partial charge in [-0.25, -0.2) is 0 Å². The average Bonchev–Trinajstić information content (AvgIpc) is 2.34. The maximum atomic E-state index is 12.0. The predicted octanol–water partition coefficient (Wildman–Crippen LogP) is 1.99. The van der Waals surface area contributed by atoms with Crippen molar-refractivity contribution in [2.24, 2.45) is 0 Å². The van der Waals surface area contributed by atoms with Crippen LogP contribution in [0.2, 0.25) is 0 Å². The lowest BCUT2D eigenvalue weighted by atomic mass is 10.1. The molecule has 0 rings (SSSR count). The highest BCUT2D eigenvalue weighted by Crippen LogP contribution is 2.13. The lowest BCUT2D eigenvalue weighted by molar-refractivity contribution is -0.154. The summed E-state index contributed by atoms with van der Waals surface area (Å²) in [5.41, 5.74) is 0. The van der Waals surface area contributed by atoms with Crippen LogP contribution in [0.4, 0.5) is 0 Å². The van der Waals surface area contributed by atoms with E-state index in [0.29, 0.717) is 19.6 Å². The predicted molar refractivity (Wildman–Crippen MR) is 73.8 cm³/mol. The number of rotatable bonds is 9. The molecule has 0 aromatic carbocycles. The van der Waals surface area contributed by atoms with E-state index in [0.717, 1.165) is 6.42 Å². The maximum absolute atomic E-state index is 12.0. The van der Waals surface area contributed by atoms with Gasteiger partial charge in [0.15, 0.2) is 0 Å². The Morgan fingerprint density at radius 3 is 2.05 bits per heavy atom. The number of esters is 2. The fraction of sp³-hybridized carbons (Fsp3) is 0.857. The summed E-state index contributed by atoms with van der Waals surface area (Å²) in [4.78, 5) is 25.5. The second kappa shape index (κ2) is 9.78. The summed E-state index contributed by atoms with van der Waals surface area (Å²) in [6, 6.07) is -0.306. The van der Waals surface area contributed by atoms with Gasteiger partial charge in [0.05, 0.1) is 19.8 Å². The standard InChI is InChI=1S/C14H27NO4/c1-6-9-12(14(17)19-8-3)15(11(4)5)10-13(16)18-7-2/h11-12H,6-10H2,1-5H3. The third-order valence-electron chi connectivity index (χ3n) is 2.80. The van der Waals surface area contributed by atoms with Gasteiger partial charge in [-0.1, -0.05) is 13.3 Å². The number of carbonyl (C=O) groups is 2. The van der Waals surface area contributed by atoms with Crippen molar-refractivity contribution < 1.29 is 19.1 Å². The second-order valence-electron chi connectivity index (χ2n) is 4.63. The first kappa shape index (κ1) is 17.9. The Morgan fingerprint density at radius 1 is 1.05 bits per heavy atom. The van der Waals surface area contributed by atoms with Gasteiger partial charge in [0.2, 0.25) is 0 Å². The number of hydrogen-bond acceptors (Lipinski definition) is 5. The molecule has 0 saturated heterocycles. The van der Waals surface area contributed by atoms with E-state index in [-0.39, 0.29) is 30.6 Å². The third kappa shape index (κ3) is 6.57. The van der Waals surface area contributed by atoms with E-state index in [2.05, 4.69) is 0 Å². The number of carbonyl (C=O) groups excluding carboxylic acids is 2. The Balaban J connectivity index is 4.85. The van der Waals surface area contributed by atoms with E-state index in [4.69, 9.17) is 9.47 Å². The van der Waals surface area contributed by atoms with Gasteiger partial charge < -0.3 is 9.47 Å². The summed E-state index contributed by atoms with van der Waals surface area (Å²) < 4.78 is 10.1. The number of nitrogens with zero attached hydrogens (tertiary/aromatic N) is 1. The molecule has 5 nitrogen and oxygen atoms in total. The van der Waals surface area contributed by atoms with Crippen LogP contribution in [0.1, 0.15) is 47.5 Å². The van der Waals surface area contributed by atoms with Crippen LogP contribution in [-0.4, -0.2) is 48.7 Å². The fourth-order valence-corrected chi connectivity index (χ4v) is 1.94. The zero-order valence-corrected chi connectivity index (χ0v) is 12.8. The van der Waals surface area contributed by atoms with Crippen molar-refractivity contribution in [1.29, 1.82) is 0 Å². The monoisotopic (exact) mass is 273 g/mol. The van der Waals surface area contributed by atoms with Crippen molar-refractivity contribution in [2.45, 2.75) is 59.5 Å². The van der Waals surface area contributed by atoms with Crippen LogP contribution < -0.4 is 0 Å². The van der Waals surface area contributed by atoms with E-state index in [9.17, 15) is 9.59 Å². The molecule has 0 fully saturated rings. The van der Waals surface area contributed by atoms with Gasteiger partial charge in [-0.2, -0.15) is 0 Å². The molecule has 5 heteroatoms. The lowest BCUT2D eigenvalue weighted by Gasteiger charge is -2.32. The first-order chi connectivity index (χ1) is 8.97. The SMILES string of the molecule is CCCC(C(=O)OCC)N(CC(=O)OCC)C(C)C. The van der Waals surface area contributed by atoms with Gasteiger partial charge in [-0.05, 0) is 34.1 Å². The highest BCUT2D eigenvalue weighted by atomic mass is 16.5. The Hall–Kier alpha value is -1.10.